The zero-order valence-corrected chi connectivity index (χ0v) is 9.96. The third kappa shape index (κ3) is 1.91. The van der Waals surface area contributed by atoms with Crippen LogP contribution in [0.2, 0.25) is 0 Å². The molecule has 0 saturated carbocycles. The third-order valence-corrected chi connectivity index (χ3v) is 4.10. The van der Waals surface area contributed by atoms with Gasteiger partial charge in [0.05, 0.1) is 0 Å². The molecular formula is C14H15NS. The zero-order valence-electron chi connectivity index (χ0n) is 9.15. The van der Waals surface area contributed by atoms with Crippen molar-refractivity contribution in [2.75, 3.05) is 6.54 Å². The van der Waals surface area contributed by atoms with E-state index in [0.29, 0.717) is 6.04 Å². The number of rotatable bonds is 2. The Labute approximate surface area is 100 Å². The maximum absolute atomic E-state index is 3.53. The Morgan fingerprint density at radius 3 is 2.62 bits per heavy atom. The molecule has 1 N–H and O–H groups in total. The van der Waals surface area contributed by atoms with Crippen LogP contribution in [0.1, 0.15) is 24.4 Å². The average Bonchev–Trinajstić information content (AvgIpc) is 3.03. The molecule has 2 heterocycles. The Balaban J connectivity index is 1.84. The van der Waals surface area contributed by atoms with E-state index in [2.05, 4.69) is 47.1 Å². The summed E-state index contributed by atoms with van der Waals surface area (Å²) in [6, 6.07) is 13.9. The third-order valence-electron chi connectivity index (χ3n) is 3.18. The number of hydrogen-bond acceptors (Lipinski definition) is 2. The largest absolute Gasteiger partial charge is 0.310 e. The topological polar surface area (TPSA) is 12.0 Å². The molecule has 0 radical (unpaired) electrons. The van der Waals surface area contributed by atoms with E-state index in [1.807, 2.05) is 0 Å². The Morgan fingerprint density at radius 1 is 1.12 bits per heavy atom. The van der Waals surface area contributed by atoms with E-state index in [0.717, 1.165) is 6.54 Å². The molecule has 1 aromatic carbocycles. The highest BCUT2D eigenvalue weighted by Gasteiger charge is 2.15. The predicted molar refractivity (Wildman–Crippen MR) is 69.7 cm³/mol. The summed E-state index contributed by atoms with van der Waals surface area (Å²) in [6.45, 7) is 1.16. The molecule has 1 saturated heterocycles. The maximum Gasteiger partial charge on any atom is 0.0342 e. The van der Waals surface area contributed by atoms with Crippen molar-refractivity contribution >= 4 is 11.3 Å². The quantitative estimate of drug-likeness (QED) is 0.825. The summed E-state index contributed by atoms with van der Waals surface area (Å²) in [5, 5.41) is 5.66. The van der Waals surface area contributed by atoms with Gasteiger partial charge in [-0.25, -0.2) is 0 Å². The van der Waals surface area contributed by atoms with Crippen molar-refractivity contribution < 1.29 is 0 Å². The average molecular weight is 229 g/mol. The van der Waals surface area contributed by atoms with Gasteiger partial charge < -0.3 is 5.32 Å². The summed E-state index contributed by atoms with van der Waals surface area (Å²) in [5.41, 5.74) is 2.76. The number of nitrogens with one attached hydrogen (secondary N) is 1. The lowest BCUT2D eigenvalue weighted by Crippen LogP contribution is -2.12. The number of hydrogen-bond donors (Lipinski definition) is 1. The lowest BCUT2D eigenvalue weighted by molar-refractivity contribution is 0.648. The van der Waals surface area contributed by atoms with E-state index < -0.39 is 0 Å². The molecule has 1 aliphatic rings. The van der Waals surface area contributed by atoms with Crippen LogP contribution in [-0.4, -0.2) is 6.54 Å². The van der Waals surface area contributed by atoms with Crippen molar-refractivity contribution in [1.82, 2.24) is 5.32 Å². The summed E-state index contributed by atoms with van der Waals surface area (Å²) in [4.78, 5) is 1.35. The van der Waals surface area contributed by atoms with Crippen LogP contribution in [0, 0.1) is 0 Å². The summed E-state index contributed by atoms with van der Waals surface area (Å²) in [6.07, 6.45) is 2.58. The lowest BCUT2D eigenvalue weighted by atomic mass is 10.0. The molecule has 1 atom stereocenters. The molecule has 82 valence electrons. The van der Waals surface area contributed by atoms with Gasteiger partial charge in [-0.2, -0.15) is 0 Å². The first kappa shape index (κ1) is 10.1. The first-order valence-electron chi connectivity index (χ1n) is 5.81. The molecule has 1 aromatic heterocycles. The van der Waals surface area contributed by atoms with Crippen molar-refractivity contribution in [3.05, 3.63) is 47.3 Å². The molecular weight excluding hydrogens is 214 g/mol. The smallest absolute Gasteiger partial charge is 0.0342 e. The van der Waals surface area contributed by atoms with Crippen LogP contribution in [0.3, 0.4) is 0 Å². The van der Waals surface area contributed by atoms with Crippen LogP contribution in [-0.2, 0) is 0 Å². The second kappa shape index (κ2) is 4.40. The maximum atomic E-state index is 3.53. The lowest BCUT2D eigenvalue weighted by Gasteiger charge is -2.10. The van der Waals surface area contributed by atoms with E-state index in [1.54, 1.807) is 11.3 Å². The van der Waals surface area contributed by atoms with Crippen LogP contribution in [0.4, 0.5) is 0 Å². The number of benzene rings is 1. The molecule has 0 unspecified atom stereocenters. The van der Waals surface area contributed by atoms with E-state index in [9.17, 15) is 0 Å². The van der Waals surface area contributed by atoms with Gasteiger partial charge in [-0.1, -0.05) is 30.3 Å². The van der Waals surface area contributed by atoms with Crippen molar-refractivity contribution in [3.63, 3.8) is 0 Å². The van der Waals surface area contributed by atoms with Crippen molar-refractivity contribution in [2.45, 2.75) is 18.9 Å². The highest BCUT2D eigenvalue weighted by molar-refractivity contribution is 7.13. The van der Waals surface area contributed by atoms with Crippen molar-refractivity contribution in [2.24, 2.45) is 0 Å². The van der Waals surface area contributed by atoms with Crippen molar-refractivity contribution in [3.8, 4) is 10.4 Å². The molecule has 1 nitrogen and oxygen atoms in total. The van der Waals surface area contributed by atoms with Gasteiger partial charge in [-0.3, -0.25) is 0 Å². The standard InChI is InChI=1S/C14H15NS/c1-3-13(15-9-1)11-5-7-12(8-6-11)14-4-2-10-16-14/h2,4-8,10,13,15H,1,3,9H2/t13-/m1/s1. The van der Waals surface area contributed by atoms with Crippen LogP contribution in [0.5, 0.6) is 0 Å². The number of thiophene rings is 1. The fourth-order valence-electron chi connectivity index (χ4n) is 2.29. The summed E-state index contributed by atoms with van der Waals surface area (Å²) in [5.74, 6) is 0. The minimum absolute atomic E-state index is 0.581. The van der Waals surface area contributed by atoms with Gasteiger partial charge in [0.25, 0.3) is 0 Å². The first-order valence-corrected chi connectivity index (χ1v) is 6.69. The minimum Gasteiger partial charge on any atom is -0.310 e. The Kier molecular flexibility index (Phi) is 2.77. The van der Waals surface area contributed by atoms with Crippen molar-refractivity contribution in [1.29, 1.82) is 0 Å². The molecule has 3 rings (SSSR count). The summed E-state index contributed by atoms with van der Waals surface area (Å²) in [7, 11) is 0. The molecule has 16 heavy (non-hydrogen) atoms. The van der Waals surface area contributed by atoms with E-state index in [4.69, 9.17) is 0 Å². The molecule has 0 aliphatic carbocycles. The Morgan fingerprint density at radius 2 is 2.00 bits per heavy atom. The van der Waals surface area contributed by atoms with Gasteiger partial charge in [-0.05, 0) is 42.0 Å². The molecule has 1 aliphatic heterocycles. The second-order valence-electron chi connectivity index (χ2n) is 4.25. The van der Waals surface area contributed by atoms with Gasteiger partial charge in [0.2, 0.25) is 0 Å². The second-order valence-corrected chi connectivity index (χ2v) is 5.20. The van der Waals surface area contributed by atoms with Crippen LogP contribution in [0.25, 0.3) is 10.4 Å². The fourth-order valence-corrected chi connectivity index (χ4v) is 3.02. The molecule has 0 spiro atoms. The summed E-state index contributed by atoms with van der Waals surface area (Å²) >= 11 is 1.80. The van der Waals surface area contributed by atoms with E-state index >= 15 is 0 Å². The molecule has 0 amide bonds. The highest BCUT2D eigenvalue weighted by atomic mass is 32.1. The molecule has 1 fully saturated rings. The van der Waals surface area contributed by atoms with Gasteiger partial charge in [-0.15, -0.1) is 11.3 Å². The van der Waals surface area contributed by atoms with Crippen LogP contribution >= 0.6 is 11.3 Å². The van der Waals surface area contributed by atoms with Gasteiger partial charge in [0.15, 0.2) is 0 Å². The molecule has 2 heteroatoms. The predicted octanol–water partition coefficient (Wildman–Crippen LogP) is 3.84. The van der Waals surface area contributed by atoms with Gasteiger partial charge in [0, 0.05) is 10.9 Å². The highest BCUT2D eigenvalue weighted by Crippen LogP contribution is 2.28. The fraction of sp³-hybridized carbons (Fsp3) is 0.286. The van der Waals surface area contributed by atoms with E-state index in [1.165, 1.54) is 28.8 Å². The van der Waals surface area contributed by atoms with Gasteiger partial charge in [0.1, 0.15) is 0 Å². The Bertz CT molecular complexity index is 438. The Hall–Kier alpha value is -1.12. The van der Waals surface area contributed by atoms with Crippen LogP contribution in [0.15, 0.2) is 41.8 Å². The zero-order chi connectivity index (χ0) is 10.8. The molecule has 0 bridgehead atoms. The summed E-state index contributed by atoms with van der Waals surface area (Å²) < 4.78 is 0. The molecule has 2 aromatic rings. The monoisotopic (exact) mass is 229 g/mol. The van der Waals surface area contributed by atoms with E-state index in [-0.39, 0.29) is 0 Å². The SMILES string of the molecule is c1csc(-c2ccc([C@H]3CCCN3)cc2)c1. The normalized spacial score (nSPS) is 20.1. The minimum atomic E-state index is 0.581. The van der Waals surface area contributed by atoms with Gasteiger partial charge >= 0.3 is 0 Å². The van der Waals surface area contributed by atoms with Crippen LogP contribution < -0.4 is 5.32 Å². The first-order chi connectivity index (χ1) is 7.93.